The van der Waals surface area contributed by atoms with Gasteiger partial charge in [0.05, 0.1) is 0 Å². The summed E-state index contributed by atoms with van der Waals surface area (Å²) in [5.74, 6) is 2.26. The Morgan fingerprint density at radius 3 is 3.00 bits per heavy atom. The Labute approximate surface area is 96.4 Å². The van der Waals surface area contributed by atoms with Crippen molar-refractivity contribution in [1.82, 2.24) is 4.98 Å². The van der Waals surface area contributed by atoms with Crippen LogP contribution in [0, 0.1) is 0 Å². The first-order chi connectivity index (χ1) is 6.92. The Bertz CT molecular complexity index is 410. The molecule has 1 aromatic heterocycles. The van der Waals surface area contributed by atoms with E-state index < -0.39 is 0 Å². The second kappa shape index (κ2) is 4.89. The Morgan fingerprint density at radius 2 is 2.14 bits per heavy atom. The van der Waals surface area contributed by atoms with E-state index in [0.29, 0.717) is 0 Å². The van der Waals surface area contributed by atoms with E-state index in [9.17, 15) is 0 Å². The minimum atomic E-state index is 1.07. The molecule has 0 radical (unpaired) electrons. The Kier molecular flexibility index (Phi) is 3.54. The van der Waals surface area contributed by atoms with E-state index in [1.54, 1.807) is 0 Å². The third kappa shape index (κ3) is 2.15. The minimum absolute atomic E-state index is 1.07. The molecule has 0 unspecified atom stereocenters. The van der Waals surface area contributed by atoms with Crippen LogP contribution in [-0.4, -0.2) is 16.1 Å². The number of fused-ring (bicyclic) bond motifs is 1. The molecule has 0 bridgehead atoms. The molecule has 0 saturated carbocycles. The molecule has 74 valence electrons. The van der Waals surface area contributed by atoms with Crippen molar-refractivity contribution in [1.29, 1.82) is 0 Å². The summed E-state index contributed by atoms with van der Waals surface area (Å²) in [5, 5.41) is 2.43. The lowest BCUT2D eigenvalue weighted by molar-refractivity contribution is 1.39. The van der Waals surface area contributed by atoms with Crippen LogP contribution >= 0.6 is 27.7 Å². The van der Waals surface area contributed by atoms with Gasteiger partial charge in [-0.05, 0) is 11.6 Å². The fraction of sp³-hybridized carbons (Fsp3) is 0.273. The van der Waals surface area contributed by atoms with Gasteiger partial charge in [-0.2, -0.15) is 11.8 Å². The minimum Gasteiger partial charge on any atom is -0.361 e. The molecular formula is C11H12BrNS. The van der Waals surface area contributed by atoms with Crippen molar-refractivity contribution >= 4 is 38.6 Å². The molecule has 1 heterocycles. The normalized spacial score (nSPS) is 10.9. The highest BCUT2D eigenvalue weighted by molar-refractivity contribution is 9.09. The highest BCUT2D eigenvalue weighted by Crippen LogP contribution is 2.22. The number of hydrogen-bond acceptors (Lipinski definition) is 1. The number of H-pyrrole nitrogens is 1. The summed E-state index contributed by atoms with van der Waals surface area (Å²) in [7, 11) is 0. The summed E-state index contributed by atoms with van der Waals surface area (Å²) in [6, 6.07) is 8.45. The number of thioether (sulfide) groups is 1. The number of rotatable bonds is 4. The molecule has 0 aliphatic rings. The number of para-hydroxylation sites is 1. The number of alkyl halides is 1. The highest BCUT2D eigenvalue weighted by atomic mass is 79.9. The SMILES string of the molecule is BrCCSCc1c[nH]c2ccccc12. The highest BCUT2D eigenvalue weighted by Gasteiger charge is 2.01. The van der Waals surface area contributed by atoms with Gasteiger partial charge < -0.3 is 4.98 Å². The van der Waals surface area contributed by atoms with E-state index in [1.807, 2.05) is 11.8 Å². The zero-order valence-electron chi connectivity index (χ0n) is 7.79. The summed E-state index contributed by atoms with van der Waals surface area (Å²) in [5.41, 5.74) is 2.65. The van der Waals surface area contributed by atoms with Crippen LogP contribution in [0.25, 0.3) is 10.9 Å². The number of aromatic nitrogens is 1. The lowest BCUT2D eigenvalue weighted by atomic mass is 10.2. The van der Waals surface area contributed by atoms with E-state index in [2.05, 4.69) is 51.4 Å². The average Bonchev–Trinajstić information content (AvgIpc) is 2.63. The standard InChI is InChI=1S/C11H12BrNS/c12-5-6-14-8-9-7-13-11-4-2-1-3-10(9)11/h1-4,7,13H,5-6,8H2. The Balaban J connectivity index is 2.17. The van der Waals surface area contributed by atoms with Crippen molar-refractivity contribution in [2.75, 3.05) is 11.1 Å². The summed E-state index contributed by atoms with van der Waals surface area (Å²) < 4.78 is 0. The molecule has 0 atom stereocenters. The molecule has 0 aliphatic heterocycles. The predicted octanol–water partition coefficient (Wildman–Crippen LogP) is 3.80. The van der Waals surface area contributed by atoms with Crippen LogP contribution in [-0.2, 0) is 5.75 Å². The van der Waals surface area contributed by atoms with Gasteiger partial charge in [-0.15, -0.1) is 0 Å². The Hall–Kier alpha value is -0.410. The molecule has 1 aromatic carbocycles. The topological polar surface area (TPSA) is 15.8 Å². The fourth-order valence-electron chi connectivity index (χ4n) is 1.49. The van der Waals surface area contributed by atoms with E-state index in [0.717, 1.165) is 11.1 Å². The van der Waals surface area contributed by atoms with Gasteiger partial charge in [-0.1, -0.05) is 34.1 Å². The van der Waals surface area contributed by atoms with Gasteiger partial charge in [0, 0.05) is 33.9 Å². The van der Waals surface area contributed by atoms with Gasteiger partial charge in [0.2, 0.25) is 0 Å². The first-order valence-corrected chi connectivity index (χ1v) is 6.88. The van der Waals surface area contributed by atoms with Gasteiger partial charge in [0.1, 0.15) is 0 Å². The number of hydrogen-bond donors (Lipinski definition) is 1. The number of aromatic amines is 1. The quantitative estimate of drug-likeness (QED) is 0.660. The van der Waals surface area contributed by atoms with Gasteiger partial charge in [-0.3, -0.25) is 0 Å². The van der Waals surface area contributed by atoms with Gasteiger partial charge in [0.15, 0.2) is 0 Å². The van der Waals surface area contributed by atoms with Crippen molar-refractivity contribution in [3.05, 3.63) is 36.0 Å². The van der Waals surface area contributed by atoms with Crippen molar-refractivity contribution in [2.45, 2.75) is 5.75 Å². The van der Waals surface area contributed by atoms with Crippen molar-refractivity contribution < 1.29 is 0 Å². The zero-order chi connectivity index (χ0) is 9.80. The monoisotopic (exact) mass is 269 g/mol. The van der Waals surface area contributed by atoms with Crippen LogP contribution < -0.4 is 0 Å². The van der Waals surface area contributed by atoms with Crippen LogP contribution in [0.2, 0.25) is 0 Å². The van der Waals surface area contributed by atoms with Gasteiger partial charge in [0.25, 0.3) is 0 Å². The second-order valence-corrected chi connectivity index (χ2v) is 5.00. The summed E-state index contributed by atoms with van der Waals surface area (Å²) in [6.45, 7) is 0. The zero-order valence-corrected chi connectivity index (χ0v) is 10.2. The molecule has 0 saturated heterocycles. The van der Waals surface area contributed by atoms with Crippen LogP contribution in [0.1, 0.15) is 5.56 Å². The number of benzene rings is 1. The summed E-state index contributed by atoms with van der Waals surface area (Å²) in [6.07, 6.45) is 2.12. The van der Waals surface area contributed by atoms with Crippen molar-refractivity contribution in [2.24, 2.45) is 0 Å². The first-order valence-electron chi connectivity index (χ1n) is 4.60. The van der Waals surface area contributed by atoms with E-state index >= 15 is 0 Å². The summed E-state index contributed by atoms with van der Waals surface area (Å²) >= 11 is 5.39. The van der Waals surface area contributed by atoms with Crippen molar-refractivity contribution in [3.8, 4) is 0 Å². The largest absolute Gasteiger partial charge is 0.361 e. The smallest absolute Gasteiger partial charge is 0.0457 e. The van der Waals surface area contributed by atoms with E-state index in [4.69, 9.17) is 0 Å². The third-order valence-electron chi connectivity index (χ3n) is 2.15. The molecule has 1 N–H and O–H groups in total. The average molecular weight is 270 g/mol. The maximum absolute atomic E-state index is 3.43. The van der Waals surface area contributed by atoms with Crippen LogP contribution in [0.5, 0.6) is 0 Å². The molecule has 2 aromatic rings. The summed E-state index contributed by atoms with van der Waals surface area (Å²) in [4.78, 5) is 3.29. The van der Waals surface area contributed by atoms with Gasteiger partial charge >= 0.3 is 0 Å². The molecule has 0 spiro atoms. The third-order valence-corrected chi connectivity index (χ3v) is 4.08. The van der Waals surface area contributed by atoms with Crippen LogP contribution in [0.3, 0.4) is 0 Å². The number of nitrogens with one attached hydrogen (secondary N) is 1. The number of halogens is 1. The van der Waals surface area contributed by atoms with Crippen LogP contribution in [0.4, 0.5) is 0 Å². The molecular weight excluding hydrogens is 258 g/mol. The van der Waals surface area contributed by atoms with E-state index in [1.165, 1.54) is 22.2 Å². The molecule has 3 heteroatoms. The molecule has 0 fully saturated rings. The molecule has 14 heavy (non-hydrogen) atoms. The van der Waals surface area contributed by atoms with Crippen molar-refractivity contribution in [3.63, 3.8) is 0 Å². The first kappa shape index (κ1) is 10.1. The second-order valence-electron chi connectivity index (χ2n) is 3.10. The molecule has 1 nitrogen and oxygen atoms in total. The van der Waals surface area contributed by atoms with E-state index in [-0.39, 0.29) is 0 Å². The lowest BCUT2D eigenvalue weighted by Gasteiger charge is -1.97. The Morgan fingerprint density at radius 1 is 1.29 bits per heavy atom. The maximum atomic E-state index is 3.43. The molecule has 2 rings (SSSR count). The lowest BCUT2D eigenvalue weighted by Crippen LogP contribution is -1.81. The van der Waals surface area contributed by atoms with Gasteiger partial charge in [-0.25, -0.2) is 0 Å². The fourth-order valence-corrected chi connectivity index (χ4v) is 2.89. The molecule has 0 amide bonds. The predicted molar refractivity (Wildman–Crippen MR) is 68.3 cm³/mol. The molecule has 0 aliphatic carbocycles. The van der Waals surface area contributed by atoms with Crippen LogP contribution in [0.15, 0.2) is 30.5 Å². The maximum Gasteiger partial charge on any atom is 0.0457 e.